The Balaban J connectivity index is 3.06. The maximum absolute atomic E-state index is 11.2. The van der Waals surface area contributed by atoms with Crippen molar-refractivity contribution in [2.75, 3.05) is 0 Å². The minimum absolute atomic E-state index is 0.0721. The van der Waals surface area contributed by atoms with Crippen LogP contribution in [0.15, 0.2) is 23.8 Å². The van der Waals surface area contributed by atoms with E-state index in [0.29, 0.717) is 6.42 Å². The Kier molecular flexibility index (Phi) is 2.74. The highest BCUT2D eigenvalue weighted by atomic mass is 16.1. The minimum Gasteiger partial charge on any atom is -0.295 e. The largest absolute Gasteiger partial charge is 0.295 e. The van der Waals surface area contributed by atoms with Gasteiger partial charge in [-0.3, -0.25) is 4.79 Å². The van der Waals surface area contributed by atoms with Gasteiger partial charge in [-0.25, -0.2) is 0 Å². The van der Waals surface area contributed by atoms with Gasteiger partial charge in [-0.15, -0.1) is 0 Å². The summed E-state index contributed by atoms with van der Waals surface area (Å²) in [6.07, 6.45) is 4.38. The van der Waals surface area contributed by atoms with Gasteiger partial charge >= 0.3 is 0 Å². The van der Waals surface area contributed by atoms with Crippen LogP contribution in [-0.2, 0) is 4.79 Å². The zero-order valence-electron chi connectivity index (χ0n) is 8.81. The number of carbonyl (C=O) groups is 1. The van der Waals surface area contributed by atoms with Gasteiger partial charge in [0.2, 0.25) is 0 Å². The van der Waals surface area contributed by atoms with E-state index in [2.05, 4.69) is 27.4 Å². The van der Waals surface area contributed by atoms with Crippen LogP contribution in [0.5, 0.6) is 0 Å². The number of hydrogen-bond acceptors (Lipinski definition) is 1. The van der Waals surface area contributed by atoms with Gasteiger partial charge in [-0.1, -0.05) is 31.6 Å². The lowest BCUT2D eigenvalue weighted by atomic mass is 9.69. The molecule has 1 heteroatoms. The molecule has 0 aromatic heterocycles. The molecule has 0 saturated carbocycles. The van der Waals surface area contributed by atoms with Crippen LogP contribution < -0.4 is 0 Å². The summed E-state index contributed by atoms with van der Waals surface area (Å²) in [5.74, 6) is 0.274. The fraction of sp³-hybridized carbons (Fsp3) is 0.583. The van der Waals surface area contributed by atoms with E-state index in [1.807, 2.05) is 6.08 Å². The third kappa shape index (κ3) is 1.74. The second-order valence-electron chi connectivity index (χ2n) is 4.10. The summed E-state index contributed by atoms with van der Waals surface area (Å²) in [6.45, 7) is 10.4. The highest BCUT2D eigenvalue weighted by Crippen LogP contribution is 2.42. The minimum atomic E-state index is 0.0721. The number of allylic oxidation sites excluding steroid dienone is 3. The van der Waals surface area contributed by atoms with E-state index >= 15 is 0 Å². The van der Waals surface area contributed by atoms with Crippen LogP contribution in [0.4, 0.5) is 0 Å². The zero-order chi connectivity index (χ0) is 10.1. The number of carbonyl (C=O) groups excluding carboxylic acids is 1. The van der Waals surface area contributed by atoms with Crippen LogP contribution in [0.25, 0.3) is 0 Å². The first kappa shape index (κ1) is 10.2. The molecule has 1 nitrogen and oxygen atoms in total. The van der Waals surface area contributed by atoms with Crippen LogP contribution in [0.3, 0.4) is 0 Å². The van der Waals surface area contributed by atoms with Crippen LogP contribution in [0.1, 0.15) is 40.0 Å². The standard InChI is InChI=1S/C12H18O/c1-5-10-8-11(13)6-7-12(10,4)9(2)3/h8H,2,5-7H2,1,3-4H3. The average Bonchev–Trinajstić information content (AvgIpc) is 2.09. The molecule has 72 valence electrons. The van der Waals surface area contributed by atoms with Gasteiger partial charge in [0.1, 0.15) is 0 Å². The molecular formula is C12H18O. The molecule has 0 spiro atoms. The molecule has 13 heavy (non-hydrogen) atoms. The smallest absolute Gasteiger partial charge is 0.155 e. The van der Waals surface area contributed by atoms with Gasteiger partial charge in [-0.05, 0) is 25.8 Å². The zero-order valence-corrected chi connectivity index (χ0v) is 8.81. The van der Waals surface area contributed by atoms with Crippen molar-refractivity contribution in [2.45, 2.75) is 40.0 Å². The van der Waals surface area contributed by atoms with Gasteiger partial charge in [-0.2, -0.15) is 0 Å². The molecule has 0 radical (unpaired) electrons. The molecule has 1 rings (SSSR count). The van der Waals surface area contributed by atoms with Crippen molar-refractivity contribution in [3.8, 4) is 0 Å². The molecule has 0 aromatic carbocycles. The van der Waals surface area contributed by atoms with Crippen molar-refractivity contribution >= 4 is 5.78 Å². The lowest BCUT2D eigenvalue weighted by Gasteiger charge is -2.35. The van der Waals surface area contributed by atoms with Crippen LogP contribution in [0, 0.1) is 5.41 Å². The molecule has 0 N–H and O–H groups in total. The molecule has 0 amide bonds. The molecule has 1 aliphatic carbocycles. The maximum atomic E-state index is 11.2. The molecule has 1 atom stereocenters. The molecule has 0 heterocycles. The average molecular weight is 178 g/mol. The van der Waals surface area contributed by atoms with Gasteiger partial charge in [0, 0.05) is 11.8 Å². The highest BCUT2D eigenvalue weighted by molar-refractivity contribution is 5.91. The topological polar surface area (TPSA) is 17.1 Å². The summed E-state index contributed by atoms with van der Waals surface area (Å²) in [4.78, 5) is 11.2. The van der Waals surface area contributed by atoms with Crippen LogP contribution in [-0.4, -0.2) is 5.78 Å². The summed E-state index contributed by atoms with van der Waals surface area (Å²) in [5, 5.41) is 0. The Bertz CT molecular complexity index is 273. The third-order valence-corrected chi connectivity index (χ3v) is 3.24. The fourth-order valence-corrected chi connectivity index (χ4v) is 1.94. The molecule has 0 aromatic rings. The van der Waals surface area contributed by atoms with Crippen molar-refractivity contribution in [3.05, 3.63) is 23.8 Å². The molecule has 0 bridgehead atoms. The summed E-state index contributed by atoms with van der Waals surface area (Å²) >= 11 is 0. The van der Waals surface area contributed by atoms with Crippen LogP contribution >= 0.6 is 0 Å². The molecule has 0 saturated heterocycles. The SMILES string of the molecule is C=C(C)C1(C)CCC(=O)C=C1CC. The first-order valence-corrected chi connectivity index (χ1v) is 4.90. The maximum Gasteiger partial charge on any atom is 0.155 e. The van der Waals surface area contributed by atoms with Crippen LogP contribution in [0.2, 0.25) is 0 Å². The van der Waals surface area contributed by atoms with Gasteiger partial charge in [0.05, 0.1) is 0 Å². The van der Waals surface area contributed by atoms with Crippen molar-refractivity contribution < 1.29 is 4.79 Å². The van der Waals surface area contributed by atoms with Crippen molar-refractivity contribution in [1.29, 1.82) is 0 Å². The first-order valence-electron chi connectivity index (χ1n) is 4.90. The van der Waals surface area contributed by atoms with E-state index in [9.17, 15) is 4.79 Å². The Morgan fingerprint density at radius 3 is 2.77 bits per heavy atom. The molecule has 0 fully saturated rings. The second-order valence-corrected chi connectivity index (χ2v) is 4.10. The monoisotopic (exact) mass is 178 g/mol. The number of hydrogen-bond donors (Lipinski definition) is 0. The first-order chi connectivity index (χ1) is 6.00. The Hall–Kier alpha value is -0.850. The van der Waals surface area contributed by atoms with Gasteiger partial charge in [0.25, 0.3) is 0 Å². The molecule has 1 aliphatic rings. The van der Waals surface area contributed by atoms with E-state index < -0.39 is 0 Å². The Morgan fingerprint density at radius 2 is 2.31 bits per heavy atom. The van der Waals surface area contributed by atoms with E-state index in [-0.39, 0.29) is 11.2 Å². The summed E-state index contributed by atoms with van der Waals surface area (Å²) < 4.78 is 0. The number of ketones is 1. The van der Waals surface area contributed by atoms with Crippen molar-refractivity contribution in [1.82, 2.24) is 0 Å². The summed E-state index contributed by atoms with van der Waals surface area (Å²) in [7, 11) is 0. The summed E-state index contributed by atoms with van der Waals surface area (Å²) in [6, 6.07) is 0. The molecule has 1 unspecified atom stereocenters. The van der Waals surface area contributed by atoms with Gasteiger partial charge < -0.3 is 0 Å². The normalized spacial score (nSPS) is 28.5. The fourth-order valence-electron chi connectivity index (χ4n) is 1.94. The second kappa shape index (κ2) is 3.49. The summed E-state index contributed by atoms with van der Waals surface area (Å²) in [5.41, 5.74) is 2.49. The lowest BCUT2D eigenvalue weighted by Crippen LogP contribution is -2.26. The lowest BCUT2D eigenvalue weighted by molar-refractivity contribution is -0.115. The van der Waals surface area contributed by atoms with E-state index in [1.165, 1.54) is 11.1 Å². The Morgan fingerprint density at radius 1 is 1.69 bits per heavy atom. The third-order valence-electron chi connectivity index (χ3n) is 3.24. The quantitative estimate of drug-likeness (QED) is 0.593. The van der Waals surface area contributed by atoms with Crippen molar-refractivity contribution in [3.63, 3.8) is 0 Å². The van der Waals surface area contributed by atoms with E-state index in [1.54, 1.807) is 0 Å². The van der Waals surface area contributed by atoms with Gasteiger partial charge in [0.15, 0.2) is 5.78 Å². The van der Waals surface area contributed by atoms with Crippen molar-refractivity contribution in [2.24, 2.45) is 5.41 Å². The molecular weight excluding hydrogens is 160 g/mol. The predicted octanol–water partition coefficient (Wildman–Crippen LogP) is 3.27. The number of rotatable bonds is 2. The van der Waals surface area contributed by atoms with E-state index in [4.69, 9.17) is 0 Å². The predicted molar refractivity (Wildman–Crippen MR) is 55.5 cm³/mol. The van der Waals surface area contributed by atoms with E-state index in [0.717, 1.165) is 12.8 Å². The highest BCUT2D eigenvalue weighted by Gasteiger charge is 2.32. The molecule has 0 aliphatic heterocycles. The Labute approximate surface area is 80.5 Å².